The van der Waals surface area contributed by atoms with Crippen molar-refractivity contribution in [2.75, 3.05) is 23.3 Å². The first kappa shape index (κ1) is 21.4. The largest absolute Gasteiger partial charge is 0.480 e. The molecule has 0 radical (unpaired) electrons. The third kappa shape index (κ3) is 4.59. The molecule has 1 fully saturated rings. The number of aryl methyl sites for hydroxylation is 1. The van der Waals surface area contributed by atoms with Crippen molar-refractivity contribution in [1.29, 1.82) is 0 Å². The van der Waals surface area contributed by atoms with Crippen molar-refractivity contribution < 1.29 is 24.3 Å². The van der Waals surface area contributed by atoms with Crippen molar-refractivity contribution in [3.8, 4) is 0 Å². The van der Waals surface area contributed by atoms with E-state index in [4.69, 9.17) is 5.11 Å². The van der Waals surface area contributed by atoms with Crippen LogP contribution in [-0.4, -0.2) is 46.9 Å². The van der Waals surface area contributed by atoms with E-state index in [0.29, 0.717) is 5.69 Å². The molecule has 2 heterocycles. The molecule has 3 amide bonds. The van der Waals surface area contributed by atoms with Gasteiger partial charge >= 0.3 is 5.97 Å². The number of amides is 3. The van der Waals surface area contributed by atoms with Gasteiger partial charge in [0.25, 0.3) is 5.91 Å². The van der Waals surface area contributed by atoms with Crippen LogP contribution in [-0.2, 0) is 14.4 Å². The van der Waals surface area contributed by atoms with Crippen molar-refractivity contribution >= 4 is 56.6 Å². The van der Waals surface area contributed by atoms with E-state index in [0.717, 1.165) is 20.9 Å². The summed E-state index contributed by atoms with van der Waals surface area (Å²) in [6.45, 7) is 1.73. The van der Waals surface area contributed by atoms with Gasteiger partial charge < -0.3 is 20.6 Å². The predicted octanol–water partition coefficient (Wildman–Crippen LogP) is 2.41. The molecule has 3 aromatic rings. The monoisotopic (exact) mass is 452 g/mol. The smallest absolute Gasteiger partial charge is 0.322 e. The maximum Gasteiger partial charge on any atom is 0.322 e. The van der Waals surface area contributed by atoms with E-state index < -0.39 is 24.3 Å². The highest BCUT2D eigenvalue weighted by molar-refractivity contribution is 7.18. The summed E-state index contributed by atoms with van der Waals surface area (Å²) in [7, 11) is 0. The van der Waals surface area contributed by atoms with Crippen LogP contribution in [0.5, 0.6) is 0 Å². The molecule has 0 bridgehead atoms. The van der Waals surface area contributed by atoms with Gasteiger partial charge in [0, 0.05) is 29.9 Å². The molecule has 1 aliphatic heterocycles. The predicted molar refractivity (Wildman–Crippen MR) is 120 cm³/mol. The maximum absolute atomic E-state index is 12.7. The highest BCUT2D eigenvalue weighted by Gasteiger charge is 2.35. The summed E-state index contributed by atoms with van der Waals surface area (Å²) in [5.41, 5.74) is 2.31. The summed E-state index contributed by atoms with van der Waals surface area (Å²) in [5, 5.41) is 14.6. The van der Waals surface area contributed by atoms with Crippen LogP contribution in [0.25, 0.3) is 10.2 Å². The van der Waals surface area contributed by atoms with E-state index >= 15 is 0 Å². The van der Waals surface area contributed by atoms with Crippen molar-refractivity contribution in [2.45, 2.75) is 13.3 Å². The molecule has 1 aliphatic rings. The van der Waals surface area contributed by atoms with Gasteiger partial charge in [-0.2, -0.15) is 0 Å². The van der Waals surface area contributed by atoms with E-state index in [9.17, 15) is 19.2 Å². The van der Waals surface area contributed by atoms with Crippen LogP contribution >= 0.6 is 11.3 Å². The lowest BCUT2D eigenvalue weighted by molar-refractivity contribution is -0.135. The number of anilines is 2. The summed E-state index contributed by atoms with van der Waals surface area (Å²) in [5.74, 6) is -2.57. The van der Waals surface area contributed by atoms with Crippen molar-refractivity contribution in [2.24, 2.45) is 5.92 Å². The standard InChI is InChI=1S/C22H20N4O5S/c1-12-24-17-9-16(6-7-18(17)32-12)26-11-14(8-19(26)27)22(31)25-15-4-2-13(3-5-15)21(30)23-10-20(28)29/h2-7,9,14H,8,10-11H2,1H3,(H,23,30)(H,25,31)(H,28,29). The molecule has 1 saturated heterocycles. The quantitative estimate of drug-likeness (QED) is 0.527. The molecule has 10 heteroatoms. The van der Waals surface area contributed by atoms with E-state index in [2.05, 4.69) is 15.6 Å². The average molecular weight is 452 g/mol. The number of hydrogen-bond acceptors (Lipinski definition) is 6. The van der Waals surface area contributed by atoms with Gasteiger partial charge in [-0.15, -0.1) is 11.3 Å². The number of rotatable bonds is 6. The number of aromatic nitrogens is 1. The van der Waals surface area contributed by atoms with Gasteiger partial charge in [0.05, 0.1) is 21.1 Å². The lowest BCUT2D eigenvalue weighted by Crippen LogP contribution is -2.29. The van der Waals surface area contributed by atoms with Crippen molar-refractivity contribution in [3.05, 3.63) is 53.0 Å². The molecule has 1 unspecified atom stereocenters. The lowest BCUT2D eigenvalue weighted by Gasteiger charge is -2.16. The summed E-state index contributed by atoms with van der Waals surface area (Å²) in [6, 6.07) is 11.8. The normalized spacial score (nSPS) is 15.7. The zero-order valence-electron chi connectivity index (χ0n) is 17.1. The Morgan fingerprint density at radius 2 is 1.94 bits per heavy atom. The number of nitrogens with one attached hydrogen (secondary N) is 2. The summed E-state index contributed by atoms with van der Waals surface area (Å²) < 4.78 is 1.05. The Morgan fingerprint density at radius 3 is 2.66 bits per heavy atom. The Kier molecular flexibility index (Phi) is 5.87. The molecule has 0 saturated carbocycles. The number of carbonyl (C=O) groups is 4. The molecular weight excluding hydrogens is 432 g/mol. The highest BCUT2D eigenvalue weighted by Crippen LogP contribution is 2.30. The topological polar surface area (TPSA) is 129 Å². The van der Waals surface area contributed by atoms with Crippen LogP contribution in [0.2, 0.25) is 0 Å². The fourth-order valence-corrected chi connectivity index (χ4v) is 4.35. The molecule has 1 aromatic heterocycles. The number of fused-ring (bicyclic) bond motifs is 1. The van der Waals surface area contributed by atoms with Crippen LogP contribution < -0.4 is 15.5 Å². The first-order valence-electron chi connectivity index (χ1n) is 9.88. The number of nitrogens with zero attached hydrogens (tertiary/aromatic N) is 2. The van der Waals surface area contributed by atoms with Crippen LogP contribution in [0.4, 0.5) is 11.4 Å². The van der Waals surface area contributed by atoms with Crippen molar-refractivity contribution in [1.82, 2.24) is 10.3 Å². The van der Waals surface area contributed by atoms with Gasteiger partial charge in [-0.25, -0.2) is 4.98 Å². The Hall–Kier alpha value is -3.79. The fraction of sp³-hybridized carbons (Fsp3) is 0.227. The minimum absolute atomic E-state index is 0.107. The summed E-state index contributed by atoms with van der Waals surface area (Å²) in [4.78, 5) is 53.7. The molecule has 164 valence electrons. The Bertz CT molecular complexity index is 1220. The number of benzene rings is 2. The highest BCUT2D eigenvalue weighted by atomic mass is 32.1. The van der Waals surface area contributed by atoms with Crippen LogP contribution in [0.1, 0.15) is 21.8 Å². The molecule has 0 aliphatic carbocycles. The molecule has 4 rings (SSSR count). The van der Waals surface area contributed by atoms with Crippen molar-refractivity contribution in [3.63, 3.8) is 0 Å². The van der Waals surface area contributed by atoms with E-state index in [1.807, 2.05) is 25.1 Å². The first-order valence-corrected chi connectivity index (χ1v) is 10.7. The molecule has 0 spiro atoms. The zero-order valence-corrected chi connectivity index (χ0v) is 17.9. The number of hydrogen-bond donors (Lipinski definition) is 3. The van der Waals surface area contributed by atoms with E-state index in [1.165, 1.54) is 12.1 Å². The second-order valence-corrected chi connectivity index (χ2v) is 8.67. The van der Waals surface area contributed by atoms with E-state index in [-0.39, 0.29) is 30.3 Å². The molecule has 32 heavy (non-hydrogen) atoms. The average Bonchev–Trinajstić information content (AvgIpc) is 3.33. The Balaban J connectivity index is 1.39. The third-order valence-corrected chi connectivity index (χ3v) is 6.05. The van der Waals surface area contributed by atoms with Gasteiger partial charge in [-0.05, 0) is 49.4 Å². The Labute approximate surface area is 187 Å². The number of carboxylic acid groups (broad SMARTS) is 1. The molecule has 3 N–H and O–H groups in total. The van der Waals surface area contributed by atoms with E-state index in [1.54, 1.807) is 28.4 Å². The molecule has 2 aromatic carbocycles. The second-order valence-electron chi connectivity index (χ2n) is 7.43. The molecule has 1 atom stereocenters. The summed E-state index contributed by atoms with van der Waals surface area (Å²) >= 11 is 1.59. The fourth-order valence-electron chi connectivity index (χ4n) is 3.54. The van der Waals surface area contributed by atoms with Gasteiger partial charge in [-0.3, -0.25) is 19.2 Å². The minimum atomic E-state index is -1.14. The first-order chi connectivity index (χ1) is 15.3. The molecule has 9 nitrogen and oxygen atoms in total. The van der Waals surface area contributed by atoms with Crippen LogP contribution in [0.3, 0.4) is 0 Å². The van der Waals surface area contributed by atoms with Crippen LogP contribution in [0.15, 0.2) is 42.5 Å². The summed E-state index contributed by atoms with van der Waals surface area (Å²) in [6.07, 6.45) is 0.107. The number of carboxylic acids is 1. The van der Waals surface area contributed by atoms with Crippen LogP contribution in [0, 0.1) is 12.8 Å². The zero-order chi connectivity index (χ0) is 22.8. The minimum Gasteiger partial charge on any atom is -0.480 e. The maximum atomic E-state index is 12.7. The molecular formula is C22H20N4O5S. The van der Waals surface area contributed by atoms with Gasteiger partial charge in [0.15, 0.2) is 0 Å². The second kappa shape index (κ2) is 8.75. The number of aliphatic carboxylic acids is 1. The van der Waals surface area contributed by atoms with Gasteiger partial charge in [-0.1, -0.05) is 0 Å². The number of carbonyl (C=O) groups excluding carboxylic acids is 3. The SMILES string of the molecule is Cc1nc2cc(N3CC(C(=O)Nc4ccc(C(=O)NCC(=O)O)cc4)CC3=O)ccc2s1. The van der Waals surface area contributed by atoms with Gasteiger partial charge in [0.2, 0.25) is 11.8 Å². The third-order valence-electron chi connectivity index (χ3n) is 5.10. The Morgan fingerprint density at radius 1 is 1.19 bits per heavy atom. The lowest BCUT2D eigenvalue weighted by atomic mass is 10.1. The number of thiazole rings is 1. The van der Waals surface area contributed by atoms with Gasteiger partial charge in [0.1, 0.15) is 6.54 Å².